The molecule has 3 nitrogen and oxygen atoms in total. The molecular weight excluding hydrogens is 279 g/mol. The molecule has 0 saturated carbocycles. The number of benzene rings is 2. The Hall–Kier alpha value is -2.07. The summed E-state index contributed by atoms with van der Waals surface area (Å²) >= 11 is 5.90. The van der Waals surface area contributed by atoms with Crippen LogP contribution in [0.15, 0.2) is 42.5 Å². The number of rotatable bonds is 3. The van der Waals surface area contributed by atoms with Gasteiger partial charge in [0.1, 0.15) is 5.82 Å². The third kappa shape index (κ3) is 3.08. The summed E-state index contributed by atoms with van der Waals surface area (Å²) in [6, 6.07) is 11.0. The summed E-state index contributed by atoms with van der Waals surface area (Å²) in [5.41, 5.74) is 7.11. The van der Waals surface area contributed by atoms with Crippen LogP contribution in [0.4, 0.5) is 10.1 Å². The molecule has 0 aliphatic rings. The Morgan fingerprint density at radius 2 is 2.00 bits per heavy atom. The summed E-state index contributed by atoms with van der Waals surface area (Å²) in [4.78, 5) is 13.8. The summed E-state index contributed by atoms with van der Waals surface area (Å²) in [6.07, 6.45) is 0. The lowest BCUT2D eigenvalue weighted by Gasteiger charge is -2.18. The van der Waals surface area contributed by atoms with Crippen molar-refractivity contribution in [2.24, 2.45) is 0 Å². The van der Waals surface area contributed by atoms with E-state index in [1.165, 1.54) is 17.0 Å². The number of carbonyl (C=O) groups is 1. The summed E-state index contributed by atoms with van der Waals surface area (Å²) in [7, 11) is 1.63. The van der Waals surface area contributed by atoms with Gasteiger partial charge >= 0.3 is 0 Å². The standard InChI is InChI=1S/C15H14ClFN2O/c1-19(9-10-4-2-5-11(17)8-10)15(20)12-6-3-7-13(16)14(12)18/h2-8H,9,18H2,1H3. The molecule has 2 N–H and O–H groups in total. The zero-order chi connectivity index (χ0) is 14.7. The summed E-state index contributed by atoms with van der Waals surface area (Å²) in [5, 5.41) is 0.343. The predicted molar refractivity (Wildman–Crippen MR) is 78.1 cm³/mol. The lowest BCUT2D eigenvalue weighted by molar-refractivity contribution is 0.0786. The quantitative estimate of drug-likeness (QED) is 0.882. The number of hydrogen-bond donors (Lipinski definition) is 1. The number of nitrogens with zero attached hydrogens (tertiary/aromatic N) is 1. The van der Waals surface area contributed by atoms with Crippen LogP contribution in [-0.4, -0.2) is 17.9 Å². The molecule has 1 amide bonds. The van der Waals surface area contributed by atoms with Gasteiger partial charge < -0.3 is 10.6 Å². The number of para-hydroxylation sites is 1. The molecular formula is C15H14ClFN2O. The Morgan fingerprint density at radius 3 is 2.70 bits per heavy atom. The van der Waals surface area contributed by atoms with E-state index in [1.807, 2.05) is 0 Å². The fourth-order valence-electron chi connectivity index (χ4n) is 1.91. The summed E-state index contributed by atoms with van der Waals surface area (Å²) < 4.78 is 13.1. The van der Waals surface area contributed by atoms with Crippen molar-refractivity contribution < 1.29 is 9.18 Å². The summed E-state index contributed by atoms with van der Waals surface area (Å²) in [5.74, 6) is -0.583. The van der Waals surface area contributed by atoms with Crippen molar-refractivity contribution in [3.8, 4) is 0 Å². The fraction of sp³-hybridized carbons (Fsp3) is 0.133. The normalized spacial score (nSPS) is 10.3. The van der Waals surface area contributed by atoms with Crippen LogP contribution in [0.25, 0.3) is 0 Å². The van der Waals surface area contributed by atoms with Gasteiger partial charge in [-0.15, -0.1) is 0 Å². The monoisotopic (exact) mass is 292 g/mol. The van der Waals surface area contributed by atoms with Gasteiger partial charge in [0.2, 0.25) is 0 Å². The zero-order valence-electron chi connectivity index (χ0n) is 10.9. The minimum Gasteiger partial charge on any atom is -0.397 e. The van der Waals surface area contributed by atoms with Crippen LogP contribution in [0, 0.1) is 5.82 Å². The Balaban J connectivity index is 2.19. The number of nitrogens with two attached hydrogens (primary N) is 1. The van der Waals surface area contributed by atoms with E-state index in [-0.39, 0.29) is 17.4 Å². The van der Waals surface area contributed by atoms with Crippen molar-refractivity contribution in [1.82, 2.24) is 4.90 Å². The number of anilines is 1. The smallest absolute Gasteiger partial charge is 0.256 e. The van der Waals surface area contributed by atoms with E-state index in [0.717, 1.165) is 0 Å². The molecule has 0 spiro atoms. The van der Waals surface area contributed by atoms with E-state index in [4.69, 9.17) is 17.3 Å². The second-order valence-electron chi connectivity index (χ2n) is 4.49. The second kappa shape index (κ2) is 5.92. The topological polar surface area (TPSA) is 46.3 Å². The first-order chi connectivity index (χ1) is 9.49. The highest BCUT2D eigenvalue weighted by Gasteiger charge is 2.16. The molecule has 0 heterocycles. The Kier molecular flexibility index (Phi) is 4.25. The molecule has 0 radical (unpaired) electrons. The molecule has 0 unspecified atom stereocenters. The highest BCUT2D eigenvalue weighted by Crippen LogP contribution is 2.23. The first kappa shape index (κ1) is 14.3. The molecule has 2 rings (SSSR count). The largest absolute Gasteiger partial charge is 0.397 e. The van der Waals surface area contributed by atoms with Crippen molar-refractivity contribution in [1.29, 1.82) is 0 Å². The van der Waals surface area contributed by atoms with Crippen LogP contribution in [0.2, 0.25) is 5.02 Å². The maximum absolute atomic E-state index is 13.1. The average molecular weight is 293 g/mol. The van der Waals surface area contributed by atoms with Gasteiger partial charge in [-0.2, -0.15) is 0 Å². The molecule has 0 saturated heterocycles. The second-order valence-corrected chi connectivity index (χ2v) is 4.90. The van der Waals surface area contributed by atoms with Crippen LogP contribution in [-0.2, 0) is 6.54 Å². The number of hydrogen-bond acceptors (Lipinski definition) is 2. The average Bonchev–Trinajstić information content (AvgIpc) is 2.41. The van der Waals surface area contributed by atoms with Gasteiger partial charge in [-0.1, -0.05) is 29.8 Å². The van der Waals surface area contributed by atoms with Crippen molar-refractivity contribution in [2.45, 2.75) is 6.54 Å². The van der Waals surface area contributed by atoms with Crippen LogP contribution in [0.5, 0.6) is 0 Å². The highest BCUT2D eigenvalue weighted by atomic mass is 35.5. The zero-order valence-corrected chi connectivity index (χ0v) is 11.7. The third-order valence-corrected chi connectivity index (χ3v) is 3.27. The number of halogens is 2. The lowest BCUT2D eigenvalue weighted by Crippen LogP contribution is -2.27. The summed E-state index contributed by atoms with van der Waals surface area (Å²) in [6.45, 7) is 0.294. The number of amides is 1. The van der Waals surface area contributed by atoms with E-state index in [0.29, 0.717) is 22.7 Å². The SMILES string of the molecule is CN(Cc1cccc(F)c1)C(=O)c1cccc(Cl)c1N. The van der Waals surface area contributed by atoms with Crippen molar-refractivity contribution in [3.05, 3.63) is 64.4 Å². The van der Waals surface area contributed by atoms with Gasteiger partial charge in [0.25, 0.3) is 5.91 Å². The van der Waals surface area contributed by atoms with E-state index in [2.05, 4.69) is 0 Å². The molecule has 0 aliphatic heterocycles. The molecule has 0 aliphatic carbocycles. The van der Waals surface area contributed by atoms with Crippen LogP contribution >= 0.6 is 11.6 Å². The minimum atomic E-state index is -0.328. The predicted octanol–water partition coefficient (Wildman–Crippen LogP) is 3.33. The molecule has 2 aromatic carbocycles. The van der Waals surface area contributed by atoms with E-state index in [9.17, 15) is 9.18 Å². The van der Waals surface area contributed by atoms with Crippen LogP contribution in [0.1, 0.15) is 15.9 Å². The van der Waals surface area contributed by atoms with Gasteiger partial charge in [-0.05, 0) is 29.8 Å². The molecule has 20 heavy (non-hydrogen) atoms. The molecule has 0 fully saturated rings. The van der Waals surface area contributed by atoms with Crippen molar-refractivity contribution in [2.75, 3.05) is 12.8 Å². The Morgan fingerprint density at radius 1 is 1.30 bits per heavy atom. The Labute approximate surface area is 121 Å². The van der Waals surface area contributed by atoms with Gasteiger partial charge in [-0.25, -0.2) is 4.39 Å². The molecule has 0 aromatic heterocycles. The molecule has 104 valence electrons. The minimum absolute atomic E-state index is 0.255. The lowest BCUT2D eigenvalue weighted by atomic mass is 10.1. The number of carbonyl (C=O) groups excluding carboxylic acids is 1. The maximum Gasteiger partial charge on any atom is 0.256 e. The fourth-order valence-corrected chi connectivity index (χ4v) is 2.08. The van der Waals surface area contributed by atoms with Gasteiger partial charge in [0.15, 0.2) is 0 Å². The van der Waals surface area contributed by atoms with Crippen molar-refractivity contribution >= 4 is 23.2 Å². The van der Waals surface area contributed by atoms with Gasteiger partial charge in [0, 0.05) is 13.6 Å². The maximum atomic E-state index is 13.1. The van der Waals surface area contributed by atoms with Gasteiger partial charge in [-0.3, -0.25) is 4.79 Å². The van der Waals surface area contributed by atoms with Crippen LogP contribution in [0.3, 0.4) is 0 Å². The molecule has 2 aromatic rings. The first-order valence-corrected chi connectivity index (χ1v) is 6.40. The van der Waals surface area contributed by atoms with E-state index >= 15 is 0 Å². The molecule has 5 heteroatoms. The highest BCUT2D eigenvalue weighted by molar-refractivity contribution is 6.33. The Bertz CT molecular complexity index is 646. The first-order valence-electron chi connectivity index (χ1n) is 6.03. The van der Waals surface area contributed by atoms with Crippen molar-refractivity contribution in [3.63, 3.8) is 0 Å². The molecule has 0 atom stereocenters. The van der Waals surface area contributed by atoms with Crippen LogP contribution < -0.4 is 5.73 Å². The van der Waals surface area contributed by atoms with Gasteiger partial charge in [0.05, 0.1) is 16.3 Å². The third-order valence-electron chi connectivity index (χ3n) is 2.94. The molecule has 0 bridgehead atoms. The number of nitrogen functional groups attached to an aromatic ring is 1. The van der Waals surface area contributed by atoms with E-state index in [1.54, 1.807) is 37.4 Å². The van der Waals surface area contributed by atoms with E-state index < -0.39 is 0 Å².